The van der Waals surface area contributed by atoms with Gasteiger partial charge in [0.2, 0.25) is 0 Å². The molecule has 0 radical (unpaired) electrons. The van der Waals surface area contributed by atoms with Crippen LogP contribution < -0.4 is 31.5 Å². The molecule has 1 saturated carbocycles. The molecule has 10 heteroatoms. The molecule has 2 aromatic rings. The second kappa shape index (κ2) is 7.02. The summed E-state index contributed by atoms with van der Waals surface area (Å²) in [4.78, 5) is 25.2. The van der Waals surface area contributed by atoms with Crippen LogP contribution in [0.3, 0.4) is 0 Å². The Morgan fingerprint density at radius 3 is 1.30 bits per heavy atom. The fourth-order valence-electron chi connectivity index (χ4n) is 4.23. The quantitative estimate of drug-likeness (QED) is 0.565. The summed E-state index contributed by atoms with van der Waals surface area (Å²) >= 11 is 11.9. The van der Waals surface area contributed by atoms with E-state index in [0.29, 0.717) is 35.7 Å². The number of anilines is 2. The van der Waals surface area contributed by atoms with Crippen LogP contribution in [0.2, 0.25) is 10.0 Å². The molecule has 156 valence electrons. The molecule has 2 spiro atoms. The van der Waals surface area contributed by atoms with Crippen molar-refractivity contribution >= 4 is 46.6 Å². The Morgan fingerprint density at radius 1 is 0.633 bits per heavy atom. The van der Waals surface area contributed by atoms with Gasteiger partial charge in [0.25, 0.3) is 0 Å². The first-order valence-electron chi connectivity index (χ1n) is 9.68. The van der Waals surface area contributed by atoms with Gasteiger partial charge in [0.15, 0.2) is 0 Å². The molecule has 2 heterocycles. The van der Waals surface area contributed by atoms with Gasteiger partial charge in [0.05, 0.1) is 11.4 Å². The molecule has 0 aromatic heterocycles. The number of urea groups is 2. The minimum atomic E-state index is -0.554. The third-order valence-corrected chi connectivity index (χ3v) is 6.38. The van der Waals surface area contributed by atoms with Crippen LogP contribution in [0.1, 0.15) is 25.7 Å². The first kappa shape index (κ1) is 19.4. The number of benzene rings is 2. The van der Waals surface area contributed by atoms with E-state index >= 15 is 0 Å². The van der Waals surface area contributed by atoms with E-state index in [9.17, 15) is 9.59 Å². The van der Waals surface area contributed by atoms with Gasteiger partial charge in [-0.05, 0) is 74.2 Å². The maximum Gasteiger partial charge on any atom is 0.338 e. The number of carbonyl (C=O) groups is 2. The second-order valence-corrected chi connectivity index (χ2v) is 8.74. The van der Waals surface area contributed by atoms with Crippen molar-refractivity contribution in [3.05, 3.63) is 58.6 Å². The molecule has 0 unspecified atom stereocenters. The van der Waals surface area contributed by atoms with E-state index in [0.717, 1.165) is 11.4 Å². The normalized spacial score (nSPS) is 28.3. The fourth-order valence-corrected chi connectivity index (χ4v) is 4.48. The van der Waals surface area contributed by atoms with Gasteiger partial charge in [-0.25, -0.2) is 30.5 Å². The van der Waals surface area contributed by atoms with E-state index in [1.54, 1.807) is 48.5 Å². The molecule has 2 aliphatic heterocycles. The predicted molar refractivity (Wildman–Crippen MR) is 115 cm³/mol. The standard InChI is InChI=1S/C20H20Cl2N6O2/c21-13-1-5-15(6-2-13)27-17(29)23-19(25-27)9-11-20(12-10-19)24-18(30)28(26-20)16-7-3-14(22)4-8-16/h1-8,25-26H,9-12H2,(H,23,29)(H,24,30). The van der Waals surface area contributed by atoms with Crippen LogP contribution in [0.25, 0.3) is 0 Å². The molecule has 2 saturated heterocycles. The number of amides is 4. The SMILES string of the molecule is O=C1NC2(CCC3(CC2)NC(=O)N(c2ccc(Cl)cc2)N3)NN1c1ccc(Cl)cc1. The summed E-state index contributed by atoms with van der Waals surface area (Å²) < 4.78 is 0. The van der Waals surface area contributed by atoms with Crippen LogP contribution in [-0.2, 0) is 0 Å². The van der Waals surface area contributed by atoms with E-state index in [4.69, 9.17) is 23.2 Å². The van der Waals surface area contributed by atoms with Gasteiger partial charge < -0.3 is 10.6 Å². The van der Waals surface area contributed by atoms with Crippen LogP contribution in [0.15, 0.2) is 48.5 Å². The first-order valence-corrected chi connectivity index (χ1v) is 10.4. The van der Waals surface area contributed by atoms with E-state index in [-0.39, 0.29) is 12.1 Å². The fraction of sp³-hybridized carbons (Fsp3) is 0.300. The van der Waals surface area contributed by atoms with Crippen molar-refractivity contribution in [2.45, 2.75) is 37.0 Å². The minimum absolute atomic E-state index is 0.209. The summed E-state index contributed by atoms with van der Waals surface area (Å²) in [5.41, 5.74) is 6.97. The minimum Gasteiger partial charge on any atom is -0.317 e. The molecular formula is C20H20Cl2N6O2. The molecular weight excluding hydrogens is 427 g/mol. The van der Waals surface area contributed by atoms with E-state index in [2.05, 4.69) is 21.5 Å². The van der Waals surface area contributed by atoms with Gasteiger partial charge >= 0.3 is 12.1 Å². The number of hydrogen-bond acceptors (Lipinski definition) is 4. The van der Waals surface area contributed by atoms with E-state index in [1.165, 1.54) is 10.0 Å². The van der Waals surface area contributed by atoms with Gasteiger partial charge in [-0.15, -0.1) is 0 Å². The van der Waals surface area contributed by atoms with Crippen molar-refractivity contribution < 1.29 is 9.59 Å². The van der Waals surface area contributed by atoms with Crippen molar-refractivity contribution in [3.8, 4) is 0 Å². The lowest BCUT2D eigenvalue weighted by molar-refractivity contribution is 0.135. The summed E-state index contributed by atoms with van der Waals surface area (Å²) in [5, 5.41) is 10.4. The molecule has 30 heavy (non-hydrogen) atoms. The second-order valence-electron chi connectivity index (χ2n) is 7.87. The highest BCUT2D eigenvalue weighted by molar-refractivity contribution is 6.31. The average Bonchev–Trinajstić information content (AvgIpc) is 3.23. The maximum absolute atomic E-state index is 12.6. The van der Waals surface area contributed by atoms with Crippen molar-refractivity contribution in [2.75, 3.05) is 10.0 Å². The first-order chi connectivity index (χ1) is 14.4. The number of nitrogens with one attached hydrogen (secondary N) is 4. The summed E-state index contributed by atoms with van der Waals surface area (Å²) in [7, 11) is 0. The van der Waals surface area contributed by atoms with Crippen LogP contribution in [-0.4, -0.2) is 23.4 Å². The lowest BCUT2D eigenvalue weighted by Gasteiger charge is -2.42. The summed E-state index contributed by atoms with van der Waals surface area (Å²) in [5.74, 6) is 0. The highest BCUT2D eigenvalue weighted by Crippen LogP contribution is 2.38. The third kappa shape index (κ3) is 3.35. The molecule has 3 fully saturated rings. The lowest BCUT2D eigenvalue weighted by Crippen LogP contribution is -2.62. The van der Waals surface area contributed by atoms with Gasteiger partial charge in [-0.1, -0.05) is 23.2 Å². The molecule has 2 aromatic carbocycles. The van der Waals surface area contributed by atoms with Crippen molar-refractivity contribution in [1.82, 2.24) is 21.5 Å². The Balaban J connectivity index is 1.28. The number of hydrazine groups is 2. The Kier molecular flexibility index (Phi) is 4.55. The van der Waals surface area contributed by atoms with E-state index < -0.39 is 11.3 Å². The van der Waals surface area contributed by atoms with Gasteiger partial charge in [0.1, 0.15) is 11.3 Å². The molecule has 0 atom stereocenters. The molecule has 5 rings (SSSR count). The van der Waals surface area contributed by atoms with Gasteiger partial charge in [-0.2, -0.15) is 0 Å². The zero-order valence-electron chi connectivity index (χ0n) is 15.9. The Labute approximate surface area is 183 Å². The topological polar surface area (TPSA) is 88.7 Å². The summed E-state index contributed by atoms with van der Waals surface area (Å²) in [6, 6.07) is 13.7. The van der Waals surface area contributed by atoms with Crippen molar-refractivity contribution in [3.63, 3.8) is 0 Å². The van der Waals surface area contributed by atoms with Crippen LogP contribution in [0.4, 0.5) is 21.0 Å². The summed E-state index contributed by atoms with van der Waals surface area (Å²) in [6.45, 7) is 0. The molecule has 1 aliphatic carbocycles. The Bertz CT molecular complexity index is 908. The number of hydrogen-bond donors (Lipinski definition) is 4. The van der Waals surface area contributed by atoms with Crippen LogP contribution in [0.5, 0.6) is 0 Å². The smallest absolute Gasteiger partial charge is 0.317 e. The summed E-state index contributed by atoms with van der Waals surface area (Å²) in [6.07, 6.45) is 2.57. The predicted octanol–water partition coefficient (Wildman–Crippen LogP) is 3.73. The monoisotopic (exact) mass is 446 g/mol. The van der Waals surface area contributed by atoms with Crippen molar-refractivity contribution in [1.29, 1.82) is 0 Å². The molecule has 0 bridgehead atoms. The Morgan fingerprint density at radius 2 is 0.967 bits per heavy atom. The molecule has 4 N–H and O–H groups in total. The number of rotatable bonds is 2. The maximum atomic E-state index is 12.6. The number of carbonyl (C=O) groups excluding carboxylic acids is 2. The third-order valence-electron chi connectivity index (χ3n) is 5.88. The largest absolute Gasteiger partial charge is 0.338 e. The van der Waals surface area contributed by atoms with Gasteiger partial charge in [-0.3, -0.25) is 0 Å². The average molecular weight is 447 g/mol. The van der Waals surface area contributed by atoms with Crippen LogP contribution >= 0.6 is 23.2 Å². The highest BCUT2D eigenvalue weighted by Gasteiger charge is 2.52. The van der Waals surface area contributed by atoms with Crippen molar-refractivity contribution in [2.24, 2.45) is 0 Å². The zero-order valence-corrected chi connectivity index (χ0v) is 17.4. The number of nitrogens with zero attached hydrogens (tertiary/aromatic N) is 2. The molecule has 8 nitrogen and oxygen atoms in total. The van der Waals surface area contributed by atoms with Gasteiger partial charge in [0, 0.05) is 10.0 Å². The lowest BCUT2D eigenvalue weighted by atomic mass is 9.82. The molecule has 3 aliphatic rings. The van der Waals surface area contributed by atoms with E-state index in [1.807, 2.05) is 0 Å². The number of halogens is 2. The Hall–Kier alpha value is -2.52. The molecule has 4 amide bonds. The van der Waals surface area contributed by atoms with Crippen LogP contribution in [0, 0.1) is 0 Å². The highest BCUT2D eigenvalue weighted by atomic mass is 35.5. The zero-order chi connectivity index (χ0) is 20.9.